The van der Waals surface area contributed by atoms with Crippen LogP contribution in [0.15, 0.2) is 18.2 Å². The minimum Gasteiger partial charge on any atom is -0.389 e. The van der Waals surface area contributed by atoms with E-state index in [9.17, 15) is 9.50 Å². The van der Waals surface area contributed by atoms with Crippen molar-refractivity contribution in [1.82, 2.24) is 0 Å². The quantitative estimate of drug-likeness (QED) is 0.849. The second-order valence-electron chi connectivity index (χ2n) is 5.13. The predicted molar refractivity (Wildman–Crippen MR) is 67.7 cm³/mol. The van der Waals surface area contributed by atoms with Crippen molar-refractivity contribution < 1.29 is 9.50 Å². The lowest BCUT2D eigenvalue weighted by Gasteiger charge is -2.38. The number of hydrogen-bond acceptors (Lipinski definition) is 1. The van der Waals surface area contributed by atoms with Gasteiger partial charge in [-0.25, -0.2) is 4.39 Å². The first-order chi connectivity index (χ1) is 8.03. The van der Waals surface area contributed by atoms with E-state index in [1.165, 1.54) is 6.07 Å². The van der Waals surface area contributed by atoms with Gasteiger partial charge in [0.05, 0.1) is 5.60 Å². The van der Waals surface area contributed by atoms with Crippen molar-refractivity contribution in [3.8, 4) is 0 Å². The van der Waals surface area contributed by atoms with Crippen molar-refractivity contribution in [3.05, 3.63) is 34.6 Å². The highest BCUT2D eigenvalue weighted by atomic mass is 35.5. The van der Waals surface area contributed by atoms with Crippen LogP contribution in [0.4, 0.5) is 4.39 Å². The fourth-order valence-electron chi connectivity index (χ4n) is 2.67. The maximum atomic E-state index is 13.7. The Hall–Kier alpha value is -0.600. The second-order valence-corrected chi connectivity index (χ2v) is 5.53. The van der Waals surface area contributed by atoms with Crippen molar-refractivity contribution in [2.45, 2.75) is 44.6 Å². The molecule has 2 unspecified atom stereocenters. The van der Waals surface area contributed by atoms with Crippen LogP contribution >= 0.6 is 11.6 Å². The van der Waals surface area contributed by atoms with Crippen molar-refractivity contribution in [2.24, 2.45) is 5.92 Å². The molecule has 1 saturated carbocycles. The summed E-state index contributed by atoms with van der Waals surface area (Å²) in [6, 6.07) is 4.67. The summed E-state index contributed by atoms with van der Waals surface area (Å²) in [5.74, 6) is -0.115. The Labute approximate surface area is 107 Å². The smallest absolute Gasteiger partial charge is 0.127 e. The van der Waals surface area contributed by atoms with E-state index in [4.69, 9.17) is 11.6 Å². The van der Waals surface area contributed by atoms with Crippen LogP contribution in [0.3, 0.4) is 0 Å². The summed E-state index contributed by atoms with van der Waals surface area (Å²) in [6.45, 7) is 2.04. The summed E-state index contributed by atoms with van der Waals surface area (Å²) in [4.78, 5) is 0. The molecule has 0 amide bonds. The van der Waals surface area contributed by atoms with Gasteiger partial charge in [0, 0.05) is 17.0 Å². The number of halogens is 2. The Morgan fingerprint density at radius 1 is 1.47 bits per heavy atom. The molecule has 0 bridgehead atoms. The molecule has 2 atom stereocenters. The first kappa shape index (κ1) is 12.8. The Balaban J connectivity index is 2.25. The standard InChI is InChI=1S/C14H18ClFO/c1-10-5-2-3-8-14(10,17)9-11-12(15)6-4-7-13(11)16/h4,6-7,10,17H,2-3,5,8-9H2,1H3. The van der Waals surface area contributed by atoms with Crippen molar-refractivity contribution >= 4 is 11.6 Å². The average molecular weight is 257 g/mol. The summed E-state index contributed by atoms with van der Waals surface area (Å²) in [6.07, 6.45) is 4.21. The molecule has 0 aromatic heterocycles. The van der Waals surface area contributed by atoms with Gasteiger partial charge >= 0.3 is 0 Å². The van der Waals surface area contributed by atoms with Gasteiger partial charge in [-0.1, -0.05) is 37.4 Å². The molecule has 0 spiro atoms. The van der Waals surface area contributed by atoms with Crippen LogP contribution in [0.5, 0.6) is 0 Å². The van der Waals surface area contributed by atoms with Crippen LogP contribution in [0, 0.1) is 11.7 Å². The third-order valence-electron chi connectivity index (χ3n) is 3.96. The number of rotatable bonds is 2. The minimum atomic E-state index is -0.802. The van der Waals surface area contributed by atoms with Crippen LogP contribution in [0.1, 0.15) is 38.2 Å². The number of benzene rings is 1. The molecule has 0 saturated heterocycles. The van der Waals surface area contributed by atoms with Crippen molar-refractivity contribution in [2.75, 3.05) is 0 Å². The van der Waals surface area contributed by atoms with E-state index >= 15 is 0 Å². The average Bonchev–Trinajstić information content (AvgIpc) is 2.28. The van der Waals surface area contributed by atoms with Gasteiger partial charge in [-0.3, -0.25) is 0 Å². The lowest BCUT2D eigenvalue weighted by atomic mass is 9.73. The fourth-order valence-corrected chi connectivity index (χ4v) is 2.90. The zero-order valence-electron chi connectivity index (χ0n) is 10.0. The molecule has 1 N–H and O–H groups in total. The van der Waals surface area contributed by atoms with Gasteiger partial charge in [-0.05, 0) is 30.9 Å². The molecule has 0 aliphatic heterocycles. The summed E-state index contributed by atoms with van der Waals surface area (Å²) in [7, 11) is 0. The molecule has 0 radical (unpaired) electrons. The van der Waals surface area contributed by atoms with Crippen molar-refractivity contribution in [3.63, 3.8) is 0 Å². The van der Waals surface area contributed by atoms with E-state index in [0.29, 0.717) is 17.0 Å². The molecule has 1 aromatic rings. The van der Waals surface area contributed by atoms with E-state index < -0.39 is 5.60 Å². The van der Waals surface area contributed by atoms with Crippen molar-refractivity contribution in [1.29, 1.82) is 0 Å². The van der Waals surface area contributed by atoms with Gasteiger partial charge in [0.15, 0.2) is 0 Å². The van der Waals surface area contributed by atoms with Gasteiger partial charge in [0.25, 0.3) is 0 Å². The summed E-state index contributed by atoms with van der Waals surface area (Å²) < 4.78 is 13.7. The van der Waals surface area contributed by atoms with E-state index in [1.54, 1.807) is 12.1 Å². The molecular weight excluding hydrogens is 239 g/mol. The molecule has 1 aliphatic rings. The Kier molecular flexibility index (Phi) is 3.74. The maximum Gasteiger partial charge on any atom is 0.127 e. The molecule has 1 aromatic carbocycles. The molecule has 1 aliphatic carbocycles. The Morgan fingerprint density at radius 2 is 2.24 bits per heavy atom. The fraction of sp³-hybridized carbons (Fsp3) is 0.571. The molecule has 0 heterocycles. The van der Waals surface area contributed by atoms with Crippen LogP contribution in [-0.2, 0) is 6.42 Å². The van der Waals surface area contributed by atoms with E-state index in [0.717, 1.165) is 25.7 Å². The zero-order valence-corrected chi connectivity index (χ0v) is 10.8. The third kappa shape index (κ3) is 2.63. The third-order valence-corrected chi connectivity index (χ3v) is 4.31. The van der Waals surface area contributed by atoms with Gasteiger partial charge in [0.2, 0.25) is 0 Å². The molecule has 1 fully saturated rings. The number of aliphatic hydroxyl groups is 1. The predicted octanol–water partition coefficient (Wildman–Crippen LogP) is 3.96. The highest BCUT2D eigenvalue weighted by Gasteiger charge is 2.37. The SMILES string of the molecule is CC1CCCCC1(O)Cc1c(F)cccc1Cl. The number of hydrogen-bond donors (Lipinski definition) is 1. The van der Waals surface area contributed by atoms with Gasteiger partial charge in [-0.15, -0.1) is 0 Å². The largest absolute Gasteiger partial charge is 0.389 e. The summed E-state index contributed by atoms with van der Waals surface area (Å²) in [5, 5.41) is 11.0. The van der Waals surface area contributed by atoms with Crippen LogP contribution in [0.2, 0.25) is 5.02 Å². The Morgan fingerprint density at radius 3 is 2.88 bits per heavy atom. The lowest BCUT2D eigenvalue weighted by Crippen LogP contribution is -2.41. The zero-order chi connectivity index (χ0) is 12.5. The van der Waals surface area contributed by atoms with E-state index in [-0.39, 0.29) is 11.7 Å². The molecule has 2 rings (SSSR count). The first-order valence-corrected chi connectivity index (χ1v) is 6.56. The summed E-state index contributed by atoms with van der Waals surface area (Å²) >= 11 is 6.01. The Bertz CT molecular complexity index is 387. The van der Waals surface area contributed by atoms with Crippen LogP contribution in [-0.4, -0.2) is 10.7 Å². The molecule has 94 valence electrons. The first-order valence-electron chi connectivity index (χ1n) is 6.18. The molecule has 17 heavy (non-hydrogen) atoms. The summed E-state index contributed by atoms with van der Waals surface area (Å²) in [5.41, 5.74) is -0.352. The van der Waals surface area contributed by atoms with Gasteiger partial charge in [0.1, 0.15) is 5.82 Å². The second kappa shape index (κ2) is 4.95. The highest BCUT2D eigenvalue weighted by molar-refractivity contribution is 6.31. The van der Waals surface area contributed by atoms with Crippen LogP contribution in [0.25, 0.3) is 0 Å². The van der Waals surface area contributed by atoms with E-state index in [1.807, 2.05) is 6.92 Å². The maximum absolute atomic E-state index is 13.7. The highest BCUT2D eigenvalue weighted by Crippen LogP contribution is 2.37. The molecule has 1 nitrogen and oxygen atoms in total. The topological polar surface area (TPSA) is 20.2 Å². The minimum absolute atomic E-state index is 0.201. The van der Waals surface area contributed by atoms with Gasteiger partial charge < -0.3 is 5.11 Å². The van der Waals surface area contributed by atoms with Crippen LogP contribution < -0.4 is 0 Å². The van der Waals surface area contributed by atoms with E-state index in [2.05, 4.69) is 0 Å². The normalized spacial score (nSPS) is 29.3. The lowest BCUT2D eigenvalue weighted by molar-refractivity contribution is -0.0410. The monoisotopic (exact) mass is 256 g/mol. The molecule has 3 heteroatoms. The molecular formula is C14H18ClFO. The van der Waals surface area contributed by atoms with Gasteiger partial charge in [-0.2, -0.15) is 0 Å².